The van der Waals surface area contributed by atoms with Gasteiger partial charge in [0, 0.05) is 50.7 Å². The molecule has 6 heteroatoms. The number of anilines is 4. The molecule has 0 unspecified atom stereocenters. The molecule has 2 aliphatic heterocycles. The van der Waals surface area contributed by atoms with E-state index in [1.165, 1.54) is 29.8 Å². The van der Waals surface area contributed by atoms with Crippen LogP contribution in [0.2, 0.25) is 0 Å². The molecule has 1 aromatic heterocycles. The third kappa shape index (κ3) is 4.37. The fraction of sp³-hybridized carbons (Fsp3) is 0.560. The van der Waals surface area contributed by atoms with Gasteiger partial charge in [-0.25, -0.2) is 4.98 Å². The molecule has 3 atom stereocenters. The summed E-state index contributed by atoms with van der Waals surface area (Å²) in [5.41, 5.74) is 4.96. The Morgan fingerprint density at radius 2 is 2.06 bits per heavy atom. The second kappa shape index (κ2) is 9.05. The summed E-state index contributed by atoms with van der Waals surface area (Å²) in [6, 6.07) is 11.1. The first-order valence-corrected chi connectivity index (χ1v) is 11.7. The lowest BCUT2D eigenvalue weighted by molar-refractivity contribution is 0.0163. The van der Waals surface area contributed by atoms with Crippen LogP contribution in [0.5, 0.6) is 0 Å². The molecule has 1 saturated heterocycles. The second-order valence-corrected chi connectivity index (χ2v) is 9.25. The Bertz CT molecular complexity index is 899. The Balaban J connectivity index is 1.44. The molecule has 1 aromatic carbocycles. The topological polar surface area (TPSA) is 49.9 Å². The smallest absolute Gasteiger partial charge is 0.135 e. The number of ether oxygens (including phenoxy) is 2. The maximum atomic E-state index is 5.70. The Kier molecular flexibility index (Phi) is 6.01. The molecule has 1 saturated carbocycles. The summed E-state index contributed by atoms with van der Waals surface area (Å²) in [6.45, 7) is 7.79. The Morgan fingerprint density at radius 3 is 2.87 bits per heavy atom. The van der Waals surface area contributed by atoms with Crippen LogP contribution in [0.4, 0.5) is 22.9 Å². The van der Waals surface area contributed by atoms with Gasteiger partial charge in [0.2, 0.25) is 0 Å². The van der Waals surface area contributed by atoms with Gasteiger partial charge >= 0.3 is 0 Å². The van der Waals surface area contributed by atoms with E-state index in [2.05, 4.69) is 51.3 Å². The first-order valence-electron chi connectivity index (χ1n) is 11.7. The number of morpholine rings is 1. The minimum absolute atomic E-state index is 0.409. The number of rotatable bonds is 4. The van der Waals surface area contributed by atoms with Crippen LogP contribution in [-0.2, 0) is 16.0 Å². The summed E-state index contributed by atoms with van der Waals surface area (Å²) in [7, 11) is 1.86. The van der Waals surface area contributed by atoms with Crippen LogP contribution in [0.15, 0.2) is 36.5 Å². The predicted octanol–water partition coefficient (Wildman–Crippen LogP) is 4.43. The lowest BCUT2D eigenvalue weighted by Crippen LogP contribution is -2.37. The summed E-state index contributed by atoms with van der Waals surface area (Å²) < 4.78 is 11.3. The number of aromatic nitrogens is 1. The van der Waals surface area contributed by atoms with Crippen LogP contribution in [0, 0.1) is 11.8 Å². The van der Waals surface area contributed by atoms with E-state index in [1.54, 1.807) is 0 Å². The van der Waals surface area contributed by atoms with Crippen LogP contribution in [-0.4, -0.2) is 51.0 Å². The number of nitrogens with one attached hydrogen (secondary N) is 1. The number of methoxy groups -OCH3 is 1. The van der Waals surface area contributed by atoms with E-state index < -0.39 is 0 Å². The minimum Gasteiger partial charge on any atom is -0.381 e. The third-order valence-electron chi connectivity index (χ3n) is 7.18. The van der Waals surface area contributed by atoms with E-state index in [0.717, 1.165) is 57.3 Å². The van der Waals surface area contributed by atoms with Gasteiger partial charge in [0.1, 0.15) is 5.82 Å². The van der Waals surface area contributed by atoms with E-state index in [-0.39, 0.29) is 0 Å². The van der Waals surface area contributed by atoms with Crippen molar-refractivity contribution in [1.29, 1.82) is 0 Å². The second-order valence-electron chi connectivity index (χ2n) is 9.25. The van der Waals surface area contributed by atoms with Crippen molar-refractivity contribution in [2.75, 3.05) is 55.1 Å². The standard InChI is InChI=1S/C25H34N4O2/c1-18-14-19(5-8-24(18)30-2)16-29-17-20-4-3-9-26-25(20)27-22-7-6-21(15-23(22)29)28-10-12-31-13-11-28/h3-4,6-7,9,15,18-19,24H,5,8,10-14,16-17H2,1-2H3,(H,26,27)/t18-,19+,24+/m0/s1. The molecular weight excluding hydrogens is 388 g/mol. The summed E-state index contributed by atoms with van der Waals surface area (Å²) in [5, 5.41) is 3.61. The van der Waals surface area contributed by atoms with E-state index in [4.69, 9.17) is 9.47 Å². The Labute approximate surface area is 185 Å². The first-order chi connectivity index (χ1) is 15.2. The van der Waals surface area contributed by atoms with Crippen molar-refractivity contribution in [3.8, 4) is 0 Å². The van der Waals surface area contributed by atoms with E-state index in [0.29, 0.717) is 17.9 Å². The maximum absolute atomic E-state index is 5.70. The van der Waals surface area contributed by atoms with E-state index in [9.17, 15) is 0 Å². The normalized spacial score (nSPS) is 25.9. The summed E-state index contributed by atoms with van der Waals surface area (Å²) in [6.07, 6.45) is 5.89. The zero-order valence-electron chi connectivity index (χ0n) is 18.7. The first kappa shape index (κ1) is 20.6. The molecule has 3 aliphatic rings. The predicted molar refractivity (Wildman–Crippen MR) is 125 cm³/mol. The van der Waals surface area contributed by atoms with Crippen molar-refractivity contribution < 1.29 is 9.47 Å². The van der Waals surface area contributed by atoms with Gasteiger partial charge < -0.3 is 24.6 Å². The number of hydrogen-bond acceptors (Lipinski definition) is 6. The van der Waals surface area contributed by atoms with Gasteiger partial charge in [-0.1, -0.05) is 13.0 Å². The fourth-order valence-corrected chi connectivity index (χ4v) is 5.47. The van der Waals surface area contributed by atoms with E-state index >= 15 is 0 Å². The third-order valence-corrected chi connectivity index (χ3v) is 7.18. The molecule has 1 aliphatic carbocycles. The number of nitrogens with zero attached hydrogens (tertiary/aromatic N) is 3. The molecule has 3 heterocycles. The lowest BCUT2D eigenvalue weighted by Gasteiger charge is -2.37. The van der Waals surface area contributed by atoms with Gasteiger partial charge in [0.05, 0.1) is 30.7 Å². The molecule has 1 N–H and O–H groups in total. The zero-order chi connectivity index (χ0) is 21.2. The fourth-order valence-electron chi connectivity index (χ4n) is 5.47. The Morgan fingerprint density at radius 1 is 1.19 bits per heavy atom. The highest BCUT2D eigenvalue weighted by molar-refractivity contribution is 5.81. The average Bonchev–Trinajstić information content (AvgIpc) is 2.96. The summed E-state index contributed by atoms with van der Waals surface area (Å²) >= 11 is 0. The van der Waals surface area contributed by atoms with Gasteiger partial charge in [-0.2, -0.15) is 0 Å². The van der Waals surface area contributed by atoms with Gasteiger partial charge in [-0.15, -0.1) is 0 Å². The number of benzene rings is 1. The molecule has 31 heavy (non-hydrogen) atoms. The SMILES string of the molecule is CO[C@@H]1CC[C@@H](CN2Cc3cccnc3Nc3ccc(N4CCOCC4)cc32)C[C@@H]1C. The number of pyridine rings is 1. The molecule has 0 bridgehead atoms. The molecule has 0 spiro atoms. The largest absolute Gasteiger partial charge is 0.381 e. The van der Waals surface area contributed by atoms with Crippen molar-refractivity contribution >= 4 is 22.9 Å². The molecule has 2 fully saturated rings. The number of hydrogen-bond donors (Lipinski definition) is 1. The van der Waals surface area contributed by atoms with Gasteiger partial charge in [-0.3, -0.25) is 0 Å². The monoisotopic (exact) mass is 422 g/mol. The van der Waals surface area contributed by atoms with Crippen molar-refractivity contribution in [2.24, 2.45) is 11.8 Å². The molecule has 0 radical (unpaired) electrons. The average molecular weight is 423 g/mol. The summed E-state index contributed by atoms with van der Waals surface area (Å²) in [4.78, 5) is 9.63. The van der Waals surface area contributed by atoms with Gasteiger partial charge in [-0.05, 0) is 55.4 Å². The van der Waals surface area contributed by atoms with Crippen molar-refractivity contribution in [3.05, 3.63) is 42.1 Å². The maximum Gasteiger partial charge on any atom is 0.135 e. The zero-order valence-corrected chi connectivity index (χ0v) is 18.7. The number of fused-ring (bicyclic) bond motifs is 2. The lowest BCUT2D eigenvalue weighted by atomic mass is 9.80. The molecule has 0 amide bonds. The van der Waals surface area contributed by atoms with Crippen LogP contribution >= 0.6 is 0 Å². The van der Waals surface area contributed by atoms with Crippen LogP contribution in [0.3, 0.4) is 0 Å². The highest BCUT2D eigenvalue weighted by Gasteiger charge is 2.30. The Hall–Kier alpha value is -2.31. The van der Waals surface area contributed by atoms with E-state index in [1.807, 2.05) is 19.4 Å². The quantitative estimate of drug-likeness (QED) is 0.787. The van der Waals surface area contributed by atoms with Gasteiger partial charge in [0.25, 0.3) is 0 Å². The minimum atomic E-state index is 0.409. The van der Waals surface area contributed by atoms with Crippen LogP contribution < -0.4 is 15.1 Å². The molecule has 166 valence electrons. The molecule has 6 nitrogen and oxygen atoms in total. The van der Waals surface area contributed by atoms with Crippen LogP contribution in [0.1, 0.15) is 31.7 Å². The van der Waals surface area contributed by atoms with Crippen molar-refractivity contribution in [1.82, 2.24) is 4.98 Å². The molecule has 2 aromatic rings. The molecule has 5 rings (SSSR count). The van der Waals surface area contributed by atoms with Gasteiger partial charge in [0.15, 0.2) is 0 Å². The highest BCUT2D eigenvalue weighted by Crippen LogP contribution is 2.40. The van der Waals surface area contributed by atoms with Crippen molar-refractivity contribution in [2.45, 2.75) is 38.8 Å². The summed E-state index contributed by atoms with van der Waals surface area (Å²) in [5.74, 6) is 2.27. The highest BCUT2D eigenvalue weighted by atomic mass is 16.5. The van der Waals surface area contributed by atoms with Crippen LogP contribution in [0.25, 0.3) is 0 Å². The van der Waals surface area contributed by atoms with Crippen molar-refractivity contribution in [3.63, 3.8) is 0 Å². The molecular formula is C25H34N4O2.